The molecule has 3 rings (SSSR count). The number of nitrogens with one attached hydrogen (secondary N) is 1. The first-order valence-corrected chi connectivity index (χ1v) is 9.62. The molecule has 1 unspecified atom stereocenters. The normalized spacial score (nSPS) is 21.5. The van der Waals surface area contributed by atoms with Gasteiger partial charge in [0.05, 0.1) is 13.2 Å². The van der Waals surface area contributed by atoms with E-state index < -0.39 is 0 Å². The van der Waals surface area contributed by atoms with Crippen LogP contribution in [0.2, 0.25) is 0 Å². The molecular formula is C20H33IN4O. The van der Waals surface area contributed by atoms with E-state index in [1.54, 1.807) is 0 Å². The molecule has 2 aliphatic heterocycles. The molecule has 1 aromatic carbocycles. The summed E-state index contributed by atoms with van der Waals surface area (Å²) in [7, 11) is 1.89. The first-order valence-electron chi connectivity index (χ1n) is 9.62. The number of hydrogen-bond donors (Lipinski definition) is 1. The molecule has 0 saturated carbocycles. The quantitative estimate of drug-likeness (QED) is 0.407. The summed E-state index contributed by atoms with van der Waals surface area (Å²) in [4.78, 5) is 9.48. The van der Waals surface area contributed by atoms with E-state index in [2.05, 4.69) is 51.3 Å². The van der Waals surface area contributed by atoms with E-state index in [1.807, 2.05) is 7.05 Å². The van der Waals surface area contributed by atoms with Crippen LogP contribution >= 0.6 is 24.0 Å². The third-order valence-electron chi connectivity index (χ3n) is 5.35. The van der Waals surface area contributed by atoms with Crippen molar-refractivity contribution in [1.82, 2.24) is 15.1 Å². The molecule has 1 N–H and O–H groups in total. The summed E-state index contributed by atoms with van der Waals surface area (Å²) < 4.78 is 5.45. The van der Waals surface area contributed by atoms with Crippen molar-refractivity contribution in [3.63, 3.8) is 0 Å². The number of benzene rings is 1. The monoisotopic (exact) mass is 472 g/mol. The van der Waals surface area contributed by atoms with Crippen molar-refractivity contribution in [2.45, 2.75) is 26.3 Å². The van der Waals surface area contributed by atoms with Gasteiger partial charge < -0.3 is 15.0 Å². The molecule has 0 aliphatic carbocycles. The summed E-state index contributed by atoms with van der Waals surface area (Å²) >= 11 is 0. The molecule has 0 aromatic heterocycles. The lowest BCUT2D eigenvalue weighted by atomic mass is 10.1. The smallest absolute Gasteiger partial charge is 0.193 e. The molecule has 0 spiro atoms. The topological polar surface area (TPSA) is 40.1 Å². The van der Waals surface area contributed by atoms with E-state index in [-0.39, 0.29) is 24.0 Å². The summed E-state index contributed by atoms with van der Waals surface area (Å²) in [5.41, 5.74) is 2.78. The maximum Gasteiger partial charge on any atom is 0.193 e. The van der Waals surface area contributed by atoms with Crippen LogP contribution in [0.15, 0.2) is 29.3 Å². The number of rotatable bonds is 5. The van der Waals surface area contributed by atoms with Crippen LogP contribution in [0.1, 0.15) is 24.5 Å². The van der Waals surface area contributed by atoms with Crippen molar-refractivity contribution in [1.29, 1.82) is 0 Å². The SMILES string of the molecule is CCc1ccccc1CNC(=NC)N1CCC(CN2CCOCC2)C1.I. The minimum absolute atomic E-state index is 0. The van der Waals surface area contributed by atoms with Gasteiger partial charge in [-0.05, 0) is 29.9 Å². The molecule has 1 aromatic rings. The maximum atomic E-state index is 5.45. The van der Waals surface area contributed by atoms with Gasteiger partial charge in [-0.3, -0.25) is 9.89 Å². The fourth-order valence-electron chi connectivity index (χ4n) is 3.90. The van der Waals surface area contributed by atoms with Crippen LogP contribution in [0.25, 0.3) is 0 Å². The lowest BCUT2D eigenvalue weighted by Crippen LogP contribution is -2.42. The second-order valence-corrected chi connectivity index (χ2v) is 7.04. The van der Waals surface area contributed by atoms with Gasteiger partial charge in [-0.2, -0.15) is 0 Å². The number of aryl methyl sites for hydroxylation is 1. The molecule has 146 valence electrons. The third-order valence-corrected chi connectivity index (χ3v) is 5.35. The highest BCUT2D eigenvalue weighted by atomic mass is 127. The second kappa shape index (κ2) is 11.1. The van der Waals surface area contributed by atoms with Gasteiger partial charge in [0.1, 0.15) is 0 Å². The van der Waals surface area contributed by atoms with Crippen molar-refractivity contribution in [3.8, 4) is 0 Å². The number of guanidine groups is 1. The molecule has 6 heteroatoms. The Morgan fingerprint density at radius 1 is 1.19 bits per heavy atom. The molecule has 1 atom stereocenters. The predicted molar refractivity (Wildman–Crippen MR) is 118 cm³/mol. The van der Waals surface area contributed by atoms with E-state index in [1.165, 1.54) is 24.1 Å². The molecule has 0 amide bonds. The van der Waals surface area contributed by atoms with Crippen molar-refractivity contribution >= 4 is 29.9 Å². The van der Waals surface area contributed by atoms with E-state index >= 15 is 0 Å². The Kier molecular flexibility index (Phi) is 9.15. The highest BCUT2D eigenvalue weighted by Gasteiger charge is 2.27. The fraction of sp³-hybridized carbons (Fsp3) is 0.650. The lowest BCUT2D eigenvalue weighted by molar-refractivity contribution is 0.0315. The molecule has 2 aliphatic rings. The van der Waals surface area contributed by atoms with Crippen LogP contribution in [0.4, 0.5) is 0 Å². The van der Waals surface area contributed by atoms with Crippen LogP contribution < -0.4 is 5.32 Å². The van der Waals surface area contributed by atoms with Crippen molar-refractivity contribution in [3.05, 3.63) is 35.4 Å². The Balaban J connectivity index is 0.00000243. The molecule has 2 heterocycles. The first kappa shape index (κ1) is 21.4. The Morgan fingerprint density at radius 2 is 1.92 bits per heavy atom. The van der Waals surface area contributed by atoms with Crippen molar-refractivity contribution in [2.75, 3.05) is 53.0 Å². The largest absolute Gasteiger partial charge is 0.379 e. The Morgan fingerprint density at radius 3 is 2.62 bits per heavy atom. The van der Waals surface area contributed by atoms with Gasteiger partial charge in [0.15, 0.2) is 5.96 Å². The minimum atomic E-state index is 0. The lowest BCUT2D eigenvalue weighted by Gasteiger charge is -2.29. The summed E-state index contributed by atoms with van der Waals surface area (Å²) in [5.74, 6) is 1.77. The number of halogens is 1. The predicted octanol–water partition coefficient (Wildman–Crippen LogP) is 2.60. The number of morpholine rings is 1. The van der Waals surface area contributed by atoms with Gasteiger partial charge in [0.25, 0.3) is 0 Å². The molecule has 0 radical (unpaired) electrons. The number of aliphatic imine (C=N–C) groups is 1. The number of hydrogen-bond acceptors (Lipinski definition) is 3. The minimum Gasteiger partial charge on any atom is -0.379 e. The van der Waals surface area contributed by atoms with Gasteiger partial charge in [-0.15, -0.1) is 24.0 Å². The van der Waals surface area contributed by atoms with Gasteiger partial charge in [-0.25, -0.2) is 0 Å². The van der Waals surface area contributed by atoms with E-state index in [9.17, 15) is 0 Å². The zero-order chi connectivity index (χ0) is 17.5. The summed E-state index contributed by atoms with van der Waals surface area (Å²) in [6.07, 6.45) is 2.32. The van der Waals surface area contributed by atoms with Crippen LogP contribution in [0.5, 0.6) is 0 Å². The Hall–Kier alpha value is -0.860. The second-order valence-electron chi connectivity index (χ2n) is 7.04. The number of likely N-dealkylation sites (tertiary alicyclic amines) is 1. The van der Waals surface area contributed by atoms with Crippen LogP contribution in [-0.4, -0.2) is 68.7 Å². The van der Waals surface area contributed by atoms with Crippen LogP contribution in [-0.2, 0) is 17.7 Å². The van der Waals surface area contributed by atoms with Crippen molar-refractivity contribution in [2.24, 2.45) is 10.9 Å². The third kappa shape index (κ3) is 5.82. The van der Waals surface area contributed by atoms with Crippen LogP contribution in [0, 0.1) is 5.92 Å². The van der Waals surface area contributed by atoms with Crippen LogP contribution in [0.3, 0.4) is 0 Å². The molecule has 0 bridgehead atoms. The molecular weight excluding hydrogens is 439 g/mol. The maximum absolute atomic E-state index is 5.45. The molecule has 5 nitrogen and oxygen atoms in total. The summed E-state index contributed by atoms with van der Waals surface area (Å²) in [6, 6.07) is 8.67. The van der Waals surface area contributed by atoms with Gasteiger partial charge in [-0.1, -0.05) is 31.2 Å². The average Bonchev–Trinajstić information content (AvgIpc) is 3.11. The van der Waals surface area contributed by atoms with Crippen molar-refractivity contribution < 1.29 is 4.74 Å². The van der Waals surface area contributed by atoms with Gasteiger partial charge in [0.2, 0.25) is 0 Å². The standard InChI is InChI=1S/C20H32N4O.HI/c1-3-18-6-4-5-7-19(18)14-22-20(21-2)24-9-8-17(16-24)15-23-10-12-25-13-11-23;/h4-7,17H,3,8-16H2,1-2H3,(H,21,22);1H. The fourth-order valence-corrected chi connectivity index (χ4v) is 3.90. The summed E-state index contributed by atoms with van der Waals surface area (Å²) in [6.45, 7) is 10.4. The average molecular weight is 472 g/mol. The first-order chi connectivity index (χ1) is 12.3. The Bertz CT molecular complexity index is 575. The van der Waals surface area contributed by atoms with Gasteiger partial charge in [0, 0.05) is 46.3 Å². The Labute approximate surface area is 175 Å². The zero-order valence-electron chi connectivity index (χ0n) is 16.1. The molecule has 2 fully saturated rings. The molecule has 26 heavy (non-hydrogen) atoms. The van der Waals surface area contributed by atoms with E-state index in [0.29, 0.717) is 0 Å². The highest BCUT2D eigenvalue weighted by molar-refractivity contribution is 14.0. The van der Waals surface area contributed by atoms with E-state index in [4.69, 9.17) is 4.74 Å². The number of nitrogens with zero attached hydrogens (tertiary/aromatic N) is 3. The van der Waals surface area contributed by atoms with Gasteiger partial charge >= 0.3 is 0 Å². The zero-order valence-corrected chi connectivity index (χ0v) is 18.4. The summed E-state index contributed by atoms with van der Waals surface area (Å²) in [5, 5.41) is 3.57. The highest BCUT2D eigenvalue weighted by Crippen LogP contribution is 2.18. The molecule has 2 saturated heterocycles. The van der Waals surface area contributed by atoms with E-state index in [0.717, 1.165) is 64.2 Å². The number of ether oxygens (including phenoxy) is 1.